The molecule has 40 heavy (non-hydrogen) atoms. The maximum atomic E-state index is 13.2. The first-order valence-corrected chi connectivity index (χ1v) is 13.3. The van der Waals surface area contributed by atoms with Gasteiger partial charge in [0.1, 0.15) is 18.1 Å². The van der Waals surface area contributed by atoms with Crippen molar-refractivity contribution < 1.29 is 19.2 Å². The Bertz CT molecular complexity index is 1320. The Morgan fingerprint density at radius 2 is 1.75 bits per heavy atom. The molecule has 0 saturated carbocycles. The lowest BCUT2D eigenvalue weighted by Gasteiger charge is -2.23. The minimum Gasteiger partial charge on any atom is -0.373 e. The van der Waals surface area contributed by atoms with Crippen LogP contribution in [0.3, 0.4) is 0 Å². The number of fused-ring (bicyclic) bond motifs is 1. The zero-order valence-electron chi connectivity index (χ0n) is 22.4. The molecular weight excluding hydrogens is 508 g/mol. The number of anilines is 2. The minimum atomic E-state index is -0.939. The predicted molar refractivity (Wildman–Crippen MR) is 152 cm³/mol. The largest absolute Gasteiger partial charge is 0.373 e. The molecule has 0 bridgehead atoms. The summed E-state index contributed by atoms with van der Waals surface area (Å²) >= 11 is 0. The van der Waals surface area contributed by atoms with Gasteiger partial charge in [-0.25, -0.2) is 0 Å². The number of pyridine rings is 1. The number of primary amides is 1. The third-order valence-electron chi connectivity index (χ3n) is 6.83. The minimum absolute atomic E-state index is 0.122. The van der Waals surface area contributed by atoms with Gasteiger partial charge in [0.05, 0.1) is 0 Å². The van der Waals surface area contributed by atoms with Crippen LogP contribution in [0.2, 0.25) is 0 Å². The number of rotatable bonds is 12. The molecule has 6 N–H and O–H groups in total. The number of para-hydroxylation sites is 1. The van der Waals surface area contributed by atoms with E-state index in [4.69, 9.17) is 5.73 Å². The third-order valence-corrected chi connectivity index (χ3v) is 6.83. The summed E-state index contributed by atoms with van der Waals surface area (Å²) in [6.45, 7) is 1.74. The summed E-state index contributed by atoms with van der Waals surface area (Å²) in [4.78, 5) is 54.5. The fourth-order valence-electron chi connectivity index (χ4n) is 4.57. The summed E-state index contributed by atoms with van der Waals surface area (Å²) < 4.78 is 0. The molecule has 1 aliphatic rings. The van der Waals surface area contributed by atoms with Crippen LogP contribution in [0.4, 0.5) is 11.4 Å². The summed E-state index contributed by atoms with van der Waals surface area (Å²) in [5.41, 5.74) is 9.71. The lowest BCUT2D eigenvalue weighted by Crippen LogP contribution is -2.55. The van der Waals surface area contributed by atoms with Crippen molar-refractivity contribution in [3.63, 3.8) is 0 Å². The number of hydrogen-bond acceptors (Lipinski definition) is 6. The Balaban J connectivity index is 1.39. The average molecular weight is 543 g/mol. The van der Waals surface area contributed by atoms with E-state index in [1.807, 2.05) is 36.4 Å². The SMILES string of the molecule is CC[C@@H](NC(=O)[C@H](Cc1ccc(NC(=O)CCc2cccnc2)cc1)NC(=O)C1Cc2ccccc2N1)C(N)=O. The molecule has 4 amide bonds. The van der Waals surface area contributed by atoms with E-state index in [2.05, 4.69) is 26.3 Å². The molecule has 1 unspecified atom stereocenters. The fraction of sp³-hybridized carbons (Fsp3) is 0.300. The van der Waals surface area contributed by atoms with Crippen molar-refractivity contribution in [2.75, 3.05) is 10.6 Å². The molecule has 0 spiro atoms. The van der Waals surface area contributed by atoms with Crippen molar-refractivity contribution in [1.29, 1.82) is 0 Å². The number of benzene rings is 2. The van der Waals surface area contributed by atoms with E-state index < -0.39 is 29.9 Å². The van der Waals surface area contributed by atoms with Gasteiger partial charge in [-0.1, -0.05) is 43.3 Å². The molecule has 4 rings (SSSR count). The Hall–Kier alpha value is -4.73. The highest BCUT2D eigenvalue weighted by atomic mass is 16.2. The Morgan fingerprint density at radius 1 is 0.975 bits per heavy atom. The average Bonchev–Trinajstić information content (AvgIpc) is 3.40. The van der Waals surface area contributed by atoms with Crippen molar-refractivity contribution in [2.45, 2.75) is 57.2 Å². The smallest absolute Gasteiger partial charge is 0.243 e. The first kappa shape index (κ1) is 28.3. The lowest BCUT2D eigenvalue weighted by molar-refractivity contribution is -0.131. The van der Waals surface area contributed by atoms with Gasteiger partial charge in [0.15, 0.2) is 0 Å². The maximum Gasteiger partial charge on any atom is 0.243 e. The molecule has 0 saturated heterocycles. The van der Waals surface area contributed by atoms with Gasteiger partial charge >= 0.3 is 0 Å². The number of carbonyl (C=O) groups is 4. The molecule has 0 radical (unpaired) electrons. The van der Waals surface area contributed by atoms with E-state index in [1.165, 1.54) is 0 Å². The topological polar surface area (TPSA) is 155 Å². The van der Waals surface area contributed by atoms with Gasteiger partial charge in [-0.2, -0.15) is 0 Å². The van der Waals surface area contributed by atoms with Crippen LogP contribution in [-0.2, 0) is 38.4 Å². The van der Waals surface area contributed by atoms with Gasteiger partial charge in [-0.3, -0.25) is 24.2 Å². The normalized spacial score (nSPS) is 15.2. The summed E-state index contributed by atoms with van der Waals surface area (Å²) in [7, 11) is 0. The van der Waals surface area contributed by atoms with Gasteiger partial charge in [-0.05, 0) is 53.8 Å². The third kappa shape index (κ3) is 7.66. The molecule has 208 valence electrons. The molecule has 3 aromatic rings. The first-order chi connectivity index (χ1) is 19.3. The van der Waals surface area contributed by atoms with Crippen LogP contribution in [0.5, 0.6) is 0 Å². The van der Waals surface area contributed by atoms with Gasteiger partial charge in [0.2, 0.25) is 23.6 Å². The summed E-state index contributed by atoms with van der Waals surface area (Å²) in [6.07, 6.45) is 5.34. The van der Waals surface area contributed by atoms with Crippen LogP contribution in [0, 0.1) is 0 Å². The van der Waals surface area contributed by atoms with E-state index in [-0.39, 0.29) is 18.2 Å². The Kier molecular flexibility index (Phi) is 9.45. The molecule has 0 fully saturated rings. The monoisotopic (exact) mass is 542 g/mol. The predicted octanol–water partition coefficient (Wildman–Crippen LogP) is 2.10. The highest BCUT2D eigenvalue weighted by molar-refractivity contribution is 5.94. The van der Waals surface area contributed by atoms with Crippen molar-refractivity contribution in [3.05, 3.63) is 89.7 Å². The second kappa shape index (κ2) is 13.4. The molecule has 0 aliphatic carbocycles. The molecule has 3 atom stereocenters. The molecule has 2 heterocycles. The number of nitrogens with two attached hydrogens (primary N) is 1. The van der Waals surface area contributed by atoms with Crippen LogP contribution < -0.4 is 27.0 Å². The molecule has 10 nitrogen and oxygen atoms in total. The quantitative estimate of drug-likeness (QED) is 0.236. The van der Waals surface area contributed by atoms with Crippen LogP contribution in [0.25, 0.3) is 0 Å². The number of hydrogen-bond donors (Lipinski definition) is 5. The lowest BCUT2D eigenvalue weighted by atomic mass is 10.0. The Morgan fingerprint density at radius 3 is 2.42 bits per heavy atom. The van der Waals surface area contributed by atoms with E-state index >= 15 is 0 Å². The number of aromatic nitrogens is 1. The van der Waals surface area contributed by atoms with Crippen molar-refractivity contribution in [2.24, 2.45) is 5.73 Å². The van der Waals surface area contributed by atoms with Gasteiger partial charge < -0.3 is 27.0 Å². The van der Waals surface area contributed by atoms with Crippen molar-refractivity contribution >= 4 is 35.0 Å². The number of nitrogens with zero attached hydrogens (tertiary/aromatic N) is 1. The zero-order chi connectivity index (χ0) is 28.5. The maximum absolute atomic E-state index is 13.2. The summed E-state index contributed by atoms with van der Waals surface area (Å²) in [5.74, 6) is -1.58. The number of carbonyl (C=O) groups excluding carboxylic acids is 4. The van der Waals surface area contributed by atoms with Crippen LogP contribution in [0.1, 0.15) is 36.5 Å². The summed E-state index contributed by atoms with van der Waals surface area (Å²) in [6, 6.07) is 16.2. The van der Waals surface area contributed by atoms with Crippen molar-refractivity contribution in [1.82, 2.24) is 15.6 Å². The van der Waals surface area contributed by atoms with E-state index in [1.54, 1.807) is 43.6 Å². The van der Waals surface area contributed by atoms with E-state index in [9.17, 15) is 19.2 Å². The van der Waals surface area contributed by atoms with Crippen LogP contribution in [0.15, 0.2) is 73.1 Å². The van der Waals surface area contributed by atoms with E-state index in [0.717, 1.165) is 22.4 Å². The second-order valence-electron chi connectivity index (χ2n) is 9.80. The highest BCUT2D eigenvalue weighted by Crippen LogP contribution is 2.25. The molecule has 2 aromatic carbocycles. The van der Waals surface area contributed by atoms with Gasteiger partial charge in [0.25, 0.3) is 0 Å². The van der Waals surface area contributed by atoms with Gasteiger partial charge in [0, 0.05) is 43.0 Å². The molecule has 10 heteroatoms. The van der Waals surface area contributed by atoms with Crippen LogP contribution >= 0.6 is 0 Å². The molecule has 1 aliphatic heterocycles. The van der Waals surface area contributed by atoms with Crippen LogP contribution in [-0.4, -0.2) is 46.7 Å². The number of nitrogens with one attached hydrogen (secondary N) is 4. The fourth-order valence-corrected chi connectivity index (χ4v) is 4.57. The number of aryl methyl sites for hydroxylation is 1. The summed E-state index contributed by atoms with van der Waals surface area (Å²) in [5, 5.41) is 11.6. The molecular formula is C30H34N6O4. The van der Waals surface area contributed by atoms with Gasteiger partial charge in [-0.15, -0.1) is 0 Å². The number of amides is 4. The Labute approximate surface area is 233 Å². The molecule has 1 aromatic heterocycles. The zero-order valence-corrected chi connectivity index (χ0v) is 22.4. The second-order valence-corrected chi connectivity index (χ2v) is 9.80. The first-order valence-electron chi connectivity index (χ1n) is 13.3. The van der Waals surface area contributed by atoms with Crippen molar-refractivity contribution in [3.8, 4) is 0 Å². The highest BCUT2D eigenvalue weighted by Gasteiger charge is 2.31. The standard InChI is InChI=1S/C30H34N6O4/c1-2-23(28(31)38)35-29(39)25(36-30(40)26-17-21-7-3-4-8-24(21)34-26)16-19-9-12-22(13-10-19)33-27(37)14-11-20-6-5-15-32-18-20/h3-10,12-13,15,18,23,25-26,34H,2,11,14,16-17H2,1H3,(H2,31,38)(H,33,37)(H,35,39)(H,36,40)/t23-,25+,26?/m1/s1. The van der Waals surface area contributed by atoms with E-state index in [0.29, 0.717) is 31.4 Å².